The molecule has 0 aromatic rings. The zero-order valence-electron chi connectivity index (χ0n) is 8.55. The molecular formula is C12H18O. The molecule has 1 saturated carbocycles. The van der Waals surface area contributed by atoms with Gasteiger partial charge >= 0.3 is 0 Å². The third-order valence-corrected chi connectivity index (χ3v) is 3.19. The summed E-state index contributed by atoms with van der Waals surface area (Å²) in [6.45, 7) is 12.1. The van der Waals surface area contributed by atoms with Gasteiger partial charge in [-0.2, -0.15) is 0 Å². The third-order valence-electron chi connectivity index (χ3n) is 3.19. The van der Waals surface area contributed by atoms with Crippen molar-refractivity contribution in [3.63, 3.8) is 0 Å². The normalized spacial score (nSPS) is 32.9. The molecule has 1 aliphatic rings. The molecule has 1 rings (SSSR count). The van der Waals surface area contributed by atoms with E-state index in [-0.39, 0.29) is 0 Å². The Morgan fingerprint density at radius 3 is 2.46 bits per heavy atom. The second-order valence-electron chi connectivity index (χ2n) is 4.23. The zero-order valence-corrected chi connectivity index (χ0v) is 8.55. The number of allylic oxidation sites excluding steroid dienone is 2. The van der Waals surface area contributed by atoms with Gasteiger partial charge < -0.3 is 0 Å². The molecule has 0 aliphatic heterocycles. The predicted molar refractivity (Wildman–Crippen MR) is 55.4 cm³/mol. The molecule has 0 aromatic heterocycles. The fourth-order valence-electron chi connectivity index (χ4n) is 2.45. The van der Waals surface area contributed by atoms with Crippen molar-refractivity contribution in [2.24, 2.45) is 17.8 Å². The summed E-state index contributed by atoms with van der Waals surface area (Å²) in [5.41, 5.74) is 1.94. The van der Waals surface area contributed by atoms with E-state index in [2.05, 4.69) is 20.1 Å². The van der Waals surface area contributed by atoms with Gasteiger partial charge in [-0.25, -0.2) is 0 Å². The van der Waals surface area contributed by atoms with Gasteiger partial charge in [-0.15, -0.1) is 0 Å². The number of hydrogen-bond donors (Lipinski definition) is 0. The quantitative estimate of drug-likeness (QED) is 0.369. The van der Waals surface area contributed by atoms with Gasteiger partial charge in [0.05, 0.1) is 0 Å². The van der Waals surface area contributed by atoms with E-state index in [1.165, 1.54) is 12.0 Å². The molecular weight excluding hydrogens is 160 g/mol. The molecule has 1 nitrogen and oxygen atoms in total. The molecule has 3 atom stereocenters. The predicted octanol–water partition coefficient (Wildman–Crippen LogP) is 2.98. The van der Waals surface area contributed by atoms with E-state index in [1.807, 2.05) is 6.92 Å². The number of carbonyl (C=O) groups excluding carboxylic acids is 1. The fourth-order valence-corrected chi connectivity index (χ4v) is 2.45. The molecule has 1 aliphatic carbocycles. The van der Waals surface area contributed by atoms with Gasteiger partial charge in [0.1, 0.15) is 6.29 Å². The number of carbonyl (C=O) groups is 1. The van der Waals surface area contributed by atoms with Crippen LogP contribution in [0.2, 0.25) is 0 Å². The lowest BCUT2D eigenvalue weighted by molar-refractivity contribution is -0.105. The summed E-state index contributed by atoms with van der Waals surface area (Å²) in [6.07, 6.45) is 3.26. The van der Waals surface area contributed by atoms with E-state index in [4.69, 9.17) is 0 Å². The van der Waals surface area contributed by atoms with E-state index in [0.717, 1.165) is 18.3 Å². The molecule has 0 unspecified atom stereocenters. The highest BCUT2D eigenvalue weighted by Gasteiger charge is 2.35. The standard InChI is InChI=1S/C12H18O/c1-8(2)11-6-5-9(3)12(11)10(4)7-13/h7,9,11-12H,1,4-6H2,2-3H3/t9-,11-,12-/m1/s1. The van der Waals surface area contributed by atoms with Crippen LogP contribution in [0.15, 0.2) is 24.3 Å². The monoisotopic (exact) mass is 178 g/mol. The van der Waals surface area contributed by atoms with Crippen molar-refractivity contribution >= 4 is 6.29 Å². The third kappa shape index (κ3) is 1.90. The molecule has 0 N–H and O–H groups in total. The lowest BCUT2D eigenvalue weighted by Gasteiger charge is -2.22. The first kappa shape index (κ1) is 10.2. The lowest BCUT2D eigenvalue weighted by atomic mass is 9.82. The average molecular weight is 178 g/mol. The average Bonchev–Trinajstić information content (AvgIpc) is 2.46. The lowest BCUT2D eigenvalue weighted by Crippen LogP contribution is -2.16. The second kappa shape index (κ2) is 3.91. The van der Waals surface area contributed by atoms with Gasteiger partial charge in [0.15, 0.2) is 0 Å². The molecule has 0 aromatic carbocycles. The summed E-state index contributed by atoms with van der Waals surface area (Å²) in [7, 11) is 0. The van der Waals surface area contributed by atoms with Crippen LogP contribution < -0.4 is 0 Å². The van der Waals surface area contributed by atoms with Gasteiger partial charge in [0, 0.05) is 0 Å². The van der Waals surface area contributed by atoms with Crippen molar-refractivity contribution in [1.29, 1.82) is 0 Å². The Bertz CT molecular complexity index is 240. The van der Waals surface area contributed by atoms with Crippen LogP contribution in [-0.4, -0.2) is 6.29 Å². The van der Waals surface area contributed by atoms with E-state index >= 15 is 0 Å². The maximum absolute atomic E-state index is 10.7. The van der Waals surface area contributed by atoms with Crippen LogP contribution in [0.1, 0.15) is 26.7 Å². The minimum absolute atomic E-state index is 0.343. The molecule has 0 heterocycles. The molecule has 0 amide bonds. The van der Waals surface area contributed by atoms with Crippen LogP contribution in [0.5, 0.6) is 0 Å². The van der Waals surface area contributed by atoms with E-state index in [0.29, 0.717) is 17.8 Å². The molecule has 0 bridgehead atoms. The highest BCUT2D eigenvalue weighted by atomic mass is 16.1. The summed E-state index contributed by atoms with van der Waals surface area (Å²) in [4.78, 5) is 10.7. The van der Waals surface area contributed by atoms with Gasteiger partial charge in [0.2, 0.25) is 0 Å². The minimum Gasteiger partial charge on any atom is -0.298 e. The van der Waals surface area contributed by atoms with E-state index in [1.54, 1.807) is 0 Å². The topological polar surface area (TPSA) is 17.1 Å². The van der Waals surface area contributed by atoms with Crippen molar-refractivity contribution in [1.82, 2.24) is 0 Å². The molecule has 1 fully saturated rings. The highest BCUT2D eigenvalue weighted by Crippen LogP contribution is 2.43. The van der Waals surface area contributed by atoms with Crippen LogP contribution in [0.4, 0.5) is 0 Å². The number of aldehydes is 1. The largest absolute Gasteiger partial charge is 0.298 e. The Labute approximate surface area is 80.5 Å². The Morgan fingerprint density at radius 2 is 2.00 bits per heavy atom. The highest BCUT2D eigenvalue weighted by molar-refractivity contribution is 5.73. The van der Waals surface area contributed by atoms with Crippen LogP contribution in [0.3, 0.4) is 0 Å². The Kier molecular flexibility index (Phi) is 3.07. The van der Waals surface area contributed by atoms with Crippen LogP contribution in [-0.2, 0) is 4.79 Å². The zero-order chi connectivity index (χ0) is 10.0. The summed E-state index contributed by atoms with van der Waals surface area (Å²) in [6, 6.07) is 0. The molecule has 72 valence electrons. The van der Waals surface area contributed by atoms with E-state index in [9.17, 15) is 4.79 Å². The fraction of sp³-hybridized carbons (Fsp3) is 0.583. The maximum atomic E-state index is 10.7. The summed E-state index contributed by atoms with van der Waals surface area (Å²) in [5.74, 6) is 1.40. The number of rotatable bonds is 3. The Hall–Kier alpha value is -0.850. The number of hydrogen-bond acceptors (Lipinski definition) is 1. The van der Waals surface area contributed by atoms with Crippen LogP contribution in [0, 0.1) is 17.8 Å². The summed E-state index contributed by atoms with van der Waals surface area (Å²) >= 11 is 0. The van der Waals surface area contributed by atoms with Gasteiger partial charge in [-0.1, -0.05) is 25.7 Å². The molecule has 0 spiro atoms. The van der Waals surface area contributed by atoms with Gasteiger partial charge in [-0.05, 0) is 43.1 Å². The second-order valence-corrected chi connectivity index (χ2v) is 4.23. The van der Waals surface area contributed by atoms with Crippen molar-refractivity contribution in [2.75, 3.05) is 0 Å². The van der Waals surface area contributed by atoms with Crippen molar-refractivity contribution < 1.29 is 4.79 Å². The Balaban J connectivity index is 2.82. The summed E-state index contributed by atoms with van der Waals surface area (Å²) < 4.78 is 0. The van der Waals surface area contributed by atoms with E-state index < -0.39 is 0 Å². The van der Waals surface area contributed by atoms with Gasteiger partial charge in [-0.3, -0.25) is 4.79 Å². The van der Waals surface area contributed by atoms with Crippen LogP contribution >= 0.6 is 0 Å². The molecule has 1 heteroatoms. The van der Waals surface area contributed by atoms with Crippen molar-refractivity contribution in [3.8, 4) is 0 Å². The SMILES string of the molecule is C=C(C=O)[C@H]1[C@H](C)CC[C@@H]1C(=C)C. The molecule has 0 saturated heterocycles. The van der Waals surface area contributed by atoms with Gasteiger partial charge in [0.25, 0.3) is 0 Å². The first-order valence-corrected chi connectivity index (χ1v) is 4.87. The molecule has 0 radical (unpaired) electrons. The smallest absolute Gasteiger partial charge is 0.145 e. The molecule has 13 heavy (non-hydrogen) atoms. The van der Waals surface area contributed by atoms with Crippen molar-refractivity contribution in [2.45, 2.75) is 26.7 Å². The van der Waals surface area contributed by atoms with Crippen LogP contribution in [0.25, 0.3) is 0 Å². The maximum Gasteiger partial charge on any atom is 0.145 e. The minimum atomic E-state index is 0.343. The Morgan fingerprint density at radius 1 is 1.38 bits per heavy atom. The summed E-state index contributed by atoms with van der Waals surface area (Å²) in [5, 5.41) is 0. The first-order valence-electron chi connectivity index (χ1n) is 4.87. The first-order chi connectivity index (χ1) is 6.07. The van der Waals surface area contributed by atoms with Crippen molar-refractivity contribution in [3.05, 3.63) is 24.3 Å².